The second-order valence-corrected chi connectivity index (χ2v) is 5.19. The highest BCUT2D eigenvalue weighted by atomic mass is 32.2. The van der Waals surface area contributed by atoms with Gasteiger partial charge in [0.15, 0.2) is 0 Å². The third-order valence-electron chi connectivity index (χ3n) is 2.44. The number of nitrogens with zero attached hydrogens (tertiary/aromatic N) is 1. The first-order valence-corrected chi connectivity index (χ1v) is 7.00. The number of benzene rings is 1. The highest BCUT2D eigenvalue weighted by Crippen LogP contribution is 2.16. The lowest BCUT2D eigenvalue weighted by molar-refractivity contribution is 0.0947. The summed E-state index contributed by atoms with van der Waals surface area (Å²) in [4.78, 5) is 12.1. The second-order valence-electron chi connectivity index (χ2n) is 3.61. The molecule has 1 aromatic heterocycles. The normalized spacial score (nSPS) is 10.5. The first kappa shape index (κ1) is 13.1. The number of para-hydroxylation sites is 1. The minimum atomic E-state index is 0.00301. The highest BCUT2D eigenvalue weighted by Gasteiger charge is 2.10. The summed E-state index contributed by atoms with van der Waals surface area (Å²) in [6, 6.07) is 9.72. The molecule has 0 amide bonds. The third-order valence-corrected chi connectivity index (χ3v) is 3.66. The number of aromatic nitrogens is 1. The molecule has 5 heteroatoms. The zero-order valence-corrected chi connectivity index (χ0v) is 11.6. The molecule has 2 rings (SSSR count). The molecule has 0 bridgehead atoms. The van der Waals surface area contributed by atoms with Gasteiger partial charge in [0.05, 0.1) is 17.9 Å². The van der Waals surface area contributed by atoms with Crippen molar-refractivity contribution in [1.29, 1.82) is 0 Å². The van der Waals surface area contributed by atoms with Gasteiger partial charge in [-0.1, -0.05) is 30.0 Å². The van der Waals surface area contributed by atoms with Crippen molar-refractivity contribution in [3.8, 4) is 0 Å². The molecular weight excluding hydrogens is 266 g/mol. The molecule has 0 radical (unpaired) electrons. The standard InChI is InChI=1S/C13H13NO2S2/c1-2-16-13(17)18-9-12(15)14-8-7-10-5-3-4-6-11(10)14/h3-8H,2,9H2,1H3. The van der Waals surface area contributed by atoms with Gasteiger partial charge in [0.1, 0.15) is 0 Å². The summed E-state index contributed by atoms with van der Waals surface area (Å²) in [5, 5.41) is 1.06. The number of carbonyl (C=O) groups is 1. The average Bonchev–Trinajstić information content (AvgIpc) is 2.80. The second kappa shape index (κ2) is 6.02. The molecule has 18 heavy (non-hydrogen) atoms. The van der Waals surface area contributed by atoms with Crippen LogP contribution >= 0.6 is 24.0 Å². The van der Waals surface area contributed by atoms with E-state index in [2.05, 4.69) is 0 Å². The van der Waals surface area contributed by atoms with Crippen LogP contribution in [0.1, 0.15) is 11.7 Å². The topological polar surface area (TPSA) is 31.2 Å². The molecular formula is C13H13NO2S2. The van der Waals surface area contributed by atoms with Gasteiger partial charge in [-0.05, 0) is 31.3 Å². The summed E-state index contributed by atoms with van der Waals surface area (Å²) >= 11 is 6.23. The first-order chi connectivity index (χ1) is 8.72. The maximum Gasteiger partial charge on any atom is 0.241 e. The van der Waals surface area contributed by atoms with Crippen LogP contribution in [0.4, 0.5) is 0 Å². The van der Waals surface area contributed by atoms with Crippen LogP contribution in [0.2, 0.25) is 0 Å². The molecule has 0 atom stereocenters. The zero-order chi connectivity index (χ0) is 13.0. The summed E-state index contributed by atoms with van der Waals surface area (Å²) in [5.41, 5.74) is 0.922. The van der Waals surface area contributed by atoms with Crippen LogP contribution < -0.4 is 0 Å². The lowest BCUT2D eigenvalue weighted by atomic mass is 10.2. The van der Waals surface area contributed by atoms with E-state index in [-0.39, 0.29) is 11.7 Å². The van der Waals surface area contributed by atoms with Gasteiger partial charge in [-0.3, -0.25) is 9.36 Å². The summed E-state index contributed by atoms with van der Waals surface area (Å²) in [6.45, 7) is 2.40. The molecule has 0 saturated heterocycles. The maximum atomic E-state index is 12.1. The fourth-order valence-electron chi connectivity index (χ4n) is 1.65. The molecule has 3 nitrogen and oxygen atoms in total. The van der Waals surface area contributed by atoms with E-state index in [0.717, 1.165) is 10.9 Å². The first-order valence-electron chi connectivity index (χ1n) is 5.61. The monoisotopic (exact) mass is 279 g/mol. The van der Waals surface area contributed by atoms with E-state index < -0.39 is 0 Å². The lowest BCUT2D eigenvalue weighted by Crippen LogP contribution is -2.13. The number of thiocarbonyl (C=S) groups is 1. The summed E-state index contributed by atoms with van der Waals surface area (Å²) in [5.74, 6) is 0.292. The predicted molar refractivity (Wildman–Crippen MR) is 79.2 cm³/mol. The molecule has 0 aliphatic rings. The Hall–Kier alpha value is -1.33. The zero-order valence-electron chi connectivity index (χ0n) is 9.96. The Morgan fingerprint density at radius 2 is 2.17 bits per heavy atom. The molecule has 0 saturated carbocycles. The van der Waals surface area contributed by atoms with E-state index in [4.69, 9.17) is 17.0 Å². The van der Waals surface area contributed by atoms with Crippen molar-refractivity contribution in [2.24, 2.45) is 0 Å². The number of hydrogen-bond acceptors (Lipinski definition) is 4. The van der Waals surface area contributed by atoms with E-state index in [9.17, 15) is 4.79 Å². The minimum Gasteiger partial charge on any atom is -0.479 e. The van der Waals surface area contributed by atoms with Gasteiger partial charge in [-0.2, -0.15) is 0 Å². The van der Waals surface area contributed by atoms with Gasteiger partial charge in [-0.25, -0.2) is 0 Å². The van der Waals surface area contributed by atoms with Crippen molar-refractivity contribution in [3.63, 3.8) is 0 Å². The Kier molecular flexibility index (Phi) is 4.38. The van der Waals surface area contributed by atoms with Gasteiger partial charge in [0.25, 0.3) is 0 Å². The molecule has 1 heterocycles. The quantitative estimate of drug-likeness (QED) is 0.806. The molecule has 0 fully saturated rings. The third kappa shape index (κ3) is 2.91. The Morgan fingerprint density at radius 1 is 1.39 bits per heavy atom. The number of carbonyl (C=O) groups excluding carboxylic acids is 1. The maximum absolute atomic E-state index is 12.1. The molecule has 1 aromatic carbocycles. The minimum absolute atomic E-state index is 0.00301. The molecule has 0 spiro atoms. The predicted octanol–water partition coefficient (Wildman–Crippen LogP) is 3.34. The number of rotatable bonds is 3. The van der Waals surface area contributed by atoms with E-state index in [1.165, 1.54) is 11.8 Å². The van der Waals surface area contributed by atoms with Crippen molar-refractivity contribution in [3.05, 3.63) is 36.5 Å². The van der Waals surface area contributed by atoms with Crippen molar-refractivity contribution < 1.29 is 9.53 Å². The molecule has 2 aromatic rings. The Bertz CT molecular complexity index is 577. The molecule has 0 unspecified atom stereocenters. The van der Waals surface area contributed by atoms with Crippen LogP contribution in [0.15, 0.2) is 36.5 Å². The molecule has 0 N–H and O–H groups in total. The Balaban J connectivity index is 2.07. The van der Waals surface area contributed by atoms with Gasteiger partial charge in [-0.15, -0.1) is 0 Å². The number of hydrogen-bond donors (Lipinski definition) is 0. The van der Waals surface area contributed by atoms with Crippen LogP contribution in [0.25, 0.3) is 10.9 Å². The van der Waals surface area contributed by atoms with Crippen LogP contribution in [-0.2, 0) is 4.74 Å². The molecule has 0 aliphatic heterocycles. The van der Waals surface area contributed by atoms with Gasteiger partial charge >= 0.3 is 0 Å². The van der Waals surface area contributed by atoms with E-state index in [1.54, 1.807) is 10.8 Å². The van der Waals surface area contributed by atoms with Crippen LogP contribution in [-0.4, -0.2) is 27.2 Å². The van der Waals surface area contributed by atoms with Crippen molar-refractivity contribution in [2.75, 3.05) is 12.4 Å². The summed E-state index contributed by atoms with van der Waals surface area (Å²) in [6.07, 6.45) is 1.79. The van der Waals surface area contributed by atoms with Gasteiger partial charge in [0.2, 0.25) is 10.3 Å². The van der Waals surface area contributed by atoms with Gasteiger partial charge in [0, 0.05) is 11.6 Å². The Labute approximate surface area is 115 Å². The fourth-order valence-corrected chi connectivity index (χ4v) is 2.53. The van der Waals surface area contributed by atoms with E-state index in [1.807, 2.05) is 37.3 Å². The van der Waals surface area contributed by atoms with Gasteiger partial charge < -0.3 is 4.74 Å². The van der Waals surface area contributed by atoms with E-state index in [0.29, 0.717) is 11.0 Å². The highest BCUT2D eigenvalue weighted by molar-refractivity contribution is 8.23. The van der Waals surface area contributed by atoms with Crippen molar-refractivity contribution in [1.82, 2.24) is 4.57 Å². The lowest BCUT2D eigenvalue weighted by Gasteiger charge is -2.05. The Morgan fingerprint density at radius 3 is 2.94 bits per heavy atom. The van der Waals surface area contributed by atoms with Crippen molar-refractivity contribution in [2.45, 2.75) is 6.92 Å². The van der Waals surface area contributed by atoms with Crippen LogP contribution in [0, 0.1) is 0 Å². The van der Waals surface area contributed by atoms with Crippen molar-refractivity contribution >= 4 is 45.2 Å². The fraction of sp³-hybridized carbons (Fsp3) is 0.231. The SMILES string of the molecule is CCOC(=S)SCC(=O)n1ccc2ccccc21. The summed E-state index contributed by atoms with van der Waals surface area (Å²) < 4.78 is 7.20. The molecule has 94 valence electrons. The van der Waals surface area contributed by atoms with Crippen LogP contribution in [0.3, 0.4) is 0 Å². The van der Waals surface area contributed by atoms with Crippen LogP contribution in [0.5, 0.6) is 0 Å². The largest absolute Gasteiger partial charge is 0.479 e. The molecule has 0 aliphatic carbocycles. The number of thioether (sulfide) groups is 1. The average molecular weight is 279 g/mol. The smallest absolute Gasteiger partial charge is 0.241 e. The number of ether oxygens (including phenoxy) is 1. The summed E-state index contributed by atoms with van der Waals surface area (Å²) in [7, 11) is 0. The van der Waals surface area contributed by atoms with E-state index >= 15 is 0 Å². The number of fused-ring (bicyclic) bond motifs is 1.